The van der Waals surface area contributed by atoms with Gasteiger partial charge in [0.1, 0.15) is 17.5 Å². The SMILES string of the molecule is C[C@@H](c1ccc(C(F)F)cc1)[C@@H](Br)C(=O)N1C(=O)OC[C@H]1c1ccccc1. The lowest BCUT2D eigenvalue weighted by Gasteiger charge is -2.25. The number of hydrogen-bond donors (Lipinski definition) is 0. The van der Waals surface area contributed by atoms with Gasteiger partial charge in [0.15, 0.2) is 0 Å². The van der Waals surface area contributed by atoms with Crippen LogP contribution in [0.15, 0.2) is 54.6 Å². The van der Waals surface area contributed by atoms with Crippen LogP contribution >= 0.6 is 15.9 Å². The molecule has 0 unspecified atom stereocenters. The van der Waals surface area contributed by atoms with Crippen molar-refractivity contribution in [3.8, 4) is 0 Å². The van der Waals surface area contributed by atoms with Crippen molar-refractivity contribution in [3.63, 3.8) is 0 Å². The van der Waals surface area contributed by atoms with E-state index >= 15 is 0 Å². The highest BCUT2D eigenvalue weighted by molar-refractivity contribution is 9.10. The van der Waals surface area contributed by atoms with Gasteiger partial charge in [-0.15, -0.1) is 0 Å². The number of ether oxygens (including phenoxy) is 1. The molecule has 1 aliphatic heterocycles. The summed E-state index contributed by atoms with van der Waals surface area (Å²) in [5.74, 6) is -0.745. The highest BCUT2D eigenvalue weighted by Gasteiger charge is 2.42. The topological polar surface area (TPSA) is 46.6 Å². The number of rotatable bonds is 5. The zero-order chi connectivity index (χ0) is 19.6. The third-order valence-corrected chi connectivity index (χ3v) is 5.87. The number of benzene rings is 2. The summed E-state index contributed by atoms with van der Waals surface area (Å²) < 4.78 is 30.5. The van der Waals surface area contributed by atoms with Crippen LogP contribution in [0.3, 0.4) is 0 Å². The largest absolute Gasteiger partial charge is 0.446 e. The lowest BCUT2D eigenvalue weighted by Crippen LogP contribution is -2.40. The Morgan fingerprint density at radius 1 is 1.11 bits per heavy atom. The van der Waals surface area contributed by atoms with E-state index in [1.807, 2.05) is 30.3 Å². The van der Waals surface area contributed by atoms with Gasteiger partial charge in [-0.25, -0.2) is 18.5 Å². The van der Waals surface area contributed by atoms with Gasteiger partial charge < -0.3 is 4.74 Å². The van der Waals surface area contributed by atoms with Gasteiger partial charge in [-0.2, -0.15) is 0 Å². The van der Waals surface area contributed by atoms with Gasteiger partial charge in [0.2, 0.25) is 5.91 Å². The fourth-order valence-corrected chi connectivity index (χ4v) is 3.57. The summed E-state index contributed by atoms with van der Waals surface area (Å²) in [6.45, 7) is 1.90. The van der Waals surface area contributed by atoms with Gasteiger partial charge in [0.25, 0.3) is 6.43 Å². The van der Waals surface area contributed by atoms with E-state index in [1.165, 1.54) is 12.1 Å². The maximum atomic E-state index is 13.0. The third-order valence-electron chi connectivity index (χ3n) is 4.68. The predicted octanol–water partition coefficient (Wildman–Crippen LogP) is 5.21. The van der Waals surface area contributed by atoms with Crippen molar-refractivity contribution in [3.05, 3.63) is 71.3 Å². The molecule has 0 radical (unpaired) electrons. The maximum Gasteiger partial charge on any atom is 0.417 e. The molecular formula is C20H18BrF2NO3. The van der Waals surface area contributed by atoms with E-state index in [-0.39, 0.29) is 18.1 Å². The van der Waals surface area contributed by atoms with E-state index in [1.54, 1.807) is 19.1 Å². The molecule has 2 aromatic rings. The van der Waals surface area contributed by atoms with E-state index < -0.39 is 29.3 Å². The number of nitrogens with zero attached hydrogens (tertiary/aromatic N) is 1. The number of hydrogen-bond acceptors (Lipinski definition) is 3. The number of imide groups is 1. The monoisotopic (exact) mass is 437 g/mol. The van der Waals surface area contributed by atoms with Crippen molar-refractivity contribution in [2.75, 3.05) is 6.61 Å². The quantitative estimate of drug-likeness (QED) is 0.603. The summed E-state index contributed by atoms with van der Waals surface area (Å²) in [6, 6.07) is 14.5. The lowest BCUT2D eigenvalue weighted by atomic mass is 9.95. The summed E-state index contributed by atoms with van der Waals surface area (Å²) in [4.78, 5) is 25.6. The number of cyclic esters (lactones) is 1. The molecule has 142 valence electrons. The number of carbonyl (C=O) groups is 2. The highest BCUT2D eigenvalue weighted by atomic mass is 79.9. The van der Waals surface area contributed by atoms with Crippen molar-refractivity contribution in [2.24, 2.45) is 0 Å². The van der Waals surface area contributed by atoms with E-state index in [9.17, 15) is 18.4 Å². The van der Waals surface area contributed by atoms with Crippen molar-refractivity contribution in [2.45, 2.75) is 30.1 Å². The van der Waals surface area contributed by atoms with E-state index in [0.29, 0.717) is 0 Å². The molecule has 0 aromatic heterocycles. The van der Waals surface area contributed by atoms with Crippen LogP contribution in [0.5, 0.6) is 0 Å². The smallest absolute Gasteiger partial charge is 0.417 e. The zero-order valence-electron chi connectivity index (χ0n) is 14.5. The Kier molecular flexibility index (Phi) is 5.89. The predicted molar refractivity (Wildman–Crippen MR) is 99.9 cm³/mol. The van der Waals surface area contributed by atoms with Crippen LogP contribution in [0.1, 0.15) is 42.0 Å². The molecule has 1 saturated heterocycles. The Hall–Kier alpha value is -2.28. The molecule has 3 rings (SSSR count). The highest BCUT2D eigenvalue weighted by Crippen LogP contribution is 2.33. The standard InChI is InChI=1S/C20H18BrF2NO3/c1-12(13-7-9-15(10-8-13)18(22)23)17(21)19(25)24-16(11-27-20(24)26)14-5-3-2-4-6-14/h2-10,12,16-18H,11H2,1H3/t12-,16-,17+/m0/s1. The Labute approximate surface area is 164 Å². The summed E-state index contributed by atoms with van der Waals surface area (Å²) in [7, 11) is 0. The number of amides is 2. The summed E-state index contributed by atoms with van der Waals surface area (Å²) >= 11 is 3.38. The molecule has 1 aliphatic rings. The summed E-state index contributed by atoms with van der Waals surface area (Å²) in [5.41, 5.74) is 1.46. The average molecular weight is 438 g/mol. The molecule has 27 heavy (non-hydrogen) atoms. The average Bonchev–Trinajstić information content (AvgIpc) is 3.08. The Morgan fingerprint density at radius 3 is 2.30 bits per heavy atom. The molecule has 2 amide bonds. The van der Waals surface area contributed by atoms with E-state index in [0.717, 1.165) is 16.0 Å². The first kappa shape index (κ1) is 19.5. The Bertz CT molecular complexity index is 814. The lowest BCUT2D eigenvalue weighted by molar-refractivity contribution is -0.128. The molecule has 0 saturated carbocycles. The van der Waals surface area contributed by atoms with Gasteiger partial charge in [-0.1, -0.05) is 77.5 Å². The molecular weight excluding hydrogens is 420 g/mol. The van der Waals surface area contributed by atoms with Gasteiger partial charge in [0.05, 0.1) is 0 Å². The maximum absolute atomic E-state index is 13.0. The molecule has 1 heterocycles. The number of alkyl halides is 3. The first-order valence-corrected chi connectivity index (χ1v) is 9.38. The molecule has 0 spiro atoms. The molecule has 3 atom stereocenters. The van der Waals surface area contributed by atoms with Crippen molar-refractivity contribution >= 4 is 27.9 Å². The first-order chi connectivity index (χ1) is 12.9. The van der Waals surface area contributed by atoms with Crippen LogP contribution in [-0.2, 0) is 9.53 Å². The minimum absolute atomic E-state index is 0.0735. The van der Waals surface area contributed by atoms with Gasteiger partial charge in [-0.05, 0) is 11.1 Å². The zero-order valence-corrected chi connectivity index (χ0v) is 16.1. The van der Waals surface area contributed by atoms with E-state index in [2.05, 4.69) is 15.9 Å². The second kappa shape index (κ2) is 8.17. The minimum atomic E-state index is -2.54. The number of carbonyl (C=O) groups excluding carboxylic acids is 2. The van der Waals surface area contributed by atoms with Crippen LogP contribution < -0.4 is 0 Å². The normalized spacial score (nSPS) is 19.1. The van der Waals surface area contributed by atoms with Gasteiger partial charge in [0, 0.05) is 11.5 Å². The minimum Gasteiger partial charge on any atom is -0.446 e. The Balaban J connectivity index is 1.79. The van der Waals surface area contributed by atoms with Crippen LogP contribution in [-0.4, -0.2) is 28.3 Å². The molecule has 4 nitrogen and oxygen atoms in total. The van der Waals surface area contributed by atoms with E-state index in [4.69, 9.17) is 4.74 Å². The second-order valence-electron chi connectivity index (χ2n) is 6.37. The second-order valence-corrected chi connectivity index (χ2v) is 7.36. The fourth-order valence-electron chi connectivity index (χ4n) is 3.05. The molecule has 0 aliphatic carbocycles. The summed E-state index contributed by atoms with van der Waals surface area (Å²) in [6.07, 6.45) is -3.22. The van der Waals surface area contributed by atoms with Crippen LogP contribution in [0.25, 0.3) is 0 Å². The van der Waals surface area contributed by atoms with Crippen LogP contribution in [0.4, 0.5) is 13.6 Å². The Morgan fingerprint density at radius 2 is 1.70 bits per heavy atom. The van der Waals surface area contributed by atoms with Crippen LogP contribution in [0.2, 0.25) is 0 Å². The van der Waals surface area contributed by atoms with Crippen molar-refractivity contribution in [1.82, 2.24) is 4.90 Å². The van der Waals surface area contributed by atoms with Crippen molar-refractivity contribution < 1.29 is 23.1 Å². The molecule has 7 heteroatoms. The molecule has 2 aromatic carbocycles. The van der Waals surface area contributed by atoms with Crippen LogP contribution in [0, 0.1) is 0 Å². The third kappa shape index (κ3) is 4.03. The summed E-state index contributed by atoms with van der Waals surface area (Å²) in [5, 5.41) is 0. The van der Waals surface area contributed by atoms with Crippen molar-refractivity contribution in [1.29, 1.82) is 0 Å². The molecule has 0 N–H and O–H groups in total. The fraction of sp³-hybridized carbons (Fsp3) is 0.300. The van der Waals surface area contributed by atoms with Gasteiger partial charge >= 0.3 is 6.09 Å². The molecule has 1 fully saturated rings. The van der Waals surface area contributed by atoms with Gasteiger partial charge in [-0.3, -0.25) is 4.79 Å². The first-order valence-electron chi connectivity index (χ1n) is 8.47. The molecule has 0 bridgehead atoms. The number of halogens is 3.